The minimum absolute atomic E-state index is 0.00187. The van der Waals surface area contributed by atoms with Gasteiger partial charge in [0, 0.05) is 13.7 Å². The predicted octanol–water partition coefficient (Wildman–Crippen LogP) is 6.21. The number of rotatable bonds is 11. The van der Waals surface area contributed by atoms with E-state index in [0.717, 1.165) is 62.9 Å². The van der Waals surface area contributed by atoms with Gasteiger partial charge in [-0.1, -0.05) is 67.1 Å². The van der Waals surface area contributed by atoms with Crippen molar-refractivity contribution in [2.45, 2.75) is 63.9 Å². The molecule has 1 heterocycles. The van der Waals surface area contributed by atoms with Gasteiger partial charge in [-0.15, -0.1) is 0 Å². The van der Waals surface area contributed by atoms with E-state index >= 15 is 0 Å². The Kier molecular flexibility index (Phi) is 7.59. The molecule has 2 aliphatic carbocycles. The van der Waals surface area contributed by atoms with E-state index in [9.17, 15) is 4.79 Å². The number of piperidine rings is 1. The second-order valence-electron chi connectivity index (χ2n) is 11.5. The standard InChI is InChI=1S/C31H41NO3/c1-34-24-30(16-13-27-21-28(27)26-11-6-3-7-12-26)17-19-32(20-18-30)23-31(14-8-15-31)29(33)35-22-25-9-4-2-5-10-25/h2-7,9-12,27-28H,8,13-24H2,1H3/t27-,28?/m1/s1. The van der Waals surface area contributed by atoms with Crippen molar-refractivity contribution in [2.24, 2.45) is 16.7 Å². The van der Waals surface area contributed by atoms with Crippen molar-refractivity contribution in [3.63, 3.8) is 0 Å². The van der Waals surface area contributed by atoms with Crippen LogP contribution in [0.25, 0.3) is 0 Å². The lowest BCUT2D eigenvalue weighted by molar-refractivity contribution is -0.165. The Morgan fingerprint density at radius 3 is 2.29 bits per heavy atom. The lowest BCUT2D eigenvalue weighted by Gasteiger charge is -2.47. The monoisotopic (exact) mass is 475 g/mol. The number of ether oxygens (including phenoxy) is 2. The third-order valence-corrected chi connectivity index (χ3v) is 9.05. The van der Waals surface area contributed by atoms with Crippen LogP contribution in [0.15, 0.2) is 60.7 Å². The SMILES string of the molecule is COCC1(CC[C@@H]2CC2c2ccccc2)CCN(CC2(C(=O)OCc3ccccc3)CCC2)CC1. The number of likely N-dealkylation sites (tertiary alicyclic amines) is 1. The third-order valence-electron chi connectivity index (χ3n) is 9.05. The molecule has 4 nitrogen and oxygen atoms in total. The zero-order valence-corrected chi connectivity index (χ0v) is 21.3. The number of carbonyl (C=O) groups excluding carboxylic acids is 1. The molecular formula is C31H41NO3. The van der Waals surface area contributed by atoms with Crippen molar-refractivity contribution in [3.8, 4) is 0 Å². The summed E-state index contributed by atoms with van der Waals surface area (Å²) in [6.07, 6.45) is 9.29. The number of methoxy groups -OCH3 is 1. The summed E-state index contributed by atoms with van der Waals surface area (Å²) in [5.41, 5.74) is 2.56. The van der Waals surface area contributed by atoms with Gasteiger partial charge in [-0.3, -0.25) is 4.79 Å². The Hall–Kier alpha value is -2.17. The molecule has 0 aromatic heterocycles. The molecule has 1 saturated heterocycles. The summed E-state index contributed by atoms with van der Waals surface area (Å²) in [5, 5.41) is 0. The number of esters is 1. The highest BCUT2D eigenvalue weighted by Crippen LogP contribution is 2.52. The molecule has 0 spiro atoms. The molecule has 0 bridgehead atoms. The third kappa shape index (κ3) is 5.81. The second-order valence-corrected chi connectivity index (χ2v) is 11.5. The van der Waals surface area contributed by atoms with E-state index in [-0.39, 0.29) is 16.8 Å². The molecule has 1 unspecified atom stereocenters. The average molecular weight is 476 g/mol. The Bertz CT molecular complexity index is 948. The normalized spacial score (nSPS) is 24.9. The summed E-state index contributed by atoms with van der Waals surface area (Å²) < 4.78 is 11.5. The number of hydrogen-bond acceptors (Lipinski definition) is 4. The quantitative estimate of drug-likeness (QED) is 0.362. The Morgan fingerprint density at radius 2 is 1.66 bits per heavy atom. The number of benzene rings is 2. The summed E-state index contributed by atoms with van der Waals surface area (Å²) in [4.78, 5) is 15.6. The topological polar surface area (TPSA) is 38.8 Å². The lowest BCUT2D eigenvalue weighted by Crippen LogP contribution is -2.52. The van der Waals surface area contributed by atoms with Crippen molar-refractivity contribution in [1.82, 2.24) is 4.90 Å². The summed E-state index contributed by atoms with van der Waals surface area (Å²) in [7, 11) is 1.85. The van der Waals surface area contributed by atoms with Gasteiger partial charge in [0.2, 0.25) is 0 Å². The second kappa shape index (κ2) is 10.8. The van der Waals surface area contributed by atoms with Crippen molar-refractivity contribution in [3.05, 3.63) is 71.8 Å². The Labute approximate surface area is 211 Å². The average Bonchev–Trinajstić information content (AvgIpc) is 3.66. The molecule has 3 fully saturated rings. The van der Waals surface area contributed by atoms with Crippen LogP contribution in [0.3, 0.4) is 0 Å². The van der Waals surface area contributed by atoms with Crippen LogP contribution in [-0.4, -0.2) is 44.2 Å². The minimum atomic E-state index is -0.299. The van der Waals surface area contributed by atoms with E-state index in [1.807, 2.05) is 37.4 Å². The van der Waals surface area contributed by atoms with Gasteiger partial charge < -0.3 is 14.4 Å². The molecule has 3 aliphatic rings. The first-order chi connectivity index (χ1) is 17.1. The highest BCUT2D eigenvalue weighted by molar-refractivity contribution is 5.78. The summed E-state index contributed by atoms with van der Waals surface area (Å²) >= 11 is 0. The van der Waals surface area contributed by atoms with E-state index in [1.165, 1.54) is 37.7 Å². The van der Waals surface area contributed by atoms with Crippen molar-refractivity contribution in [1.29, 1.82) is 0 Å². The fourth-order valence-corrected chi connectivity index (χ4v) is 6.46. The predicted molar refractivity (Wildman–Crippen MR) is 139 cm³/mol. The molecule has 0 amide bonds. The molecule has 35 heavy (non-hydrogen) atoms. The van der Waals surface area contributed by atoms with Gasteiger partial charge in [0.15, 0.2) is 0 Å². The Balaban J connectivity index is 1.11. The minimum Gasteiger partial charge on any atom is -0.460 e. The van der Waals surface area contributed by atoms with Crippen molar-refractivity contribution < 1.29 is 14.3 Å². The van der Waals surface area contributed by atoms with Crippen molar-refractivity contribution in [2.75, 3.05) is 33.4 Å². The first-order valence-corrected chi connectivity index (χ1v) is 13.6. The van der Waals surface area contributed by atoms with E-state index in [4.69, 9.17) is 9.47 Å². The van der Waals surface area contributed by atoms with Crippen molar-refractivity contribution >= 4 is 5.97 Å². The number of nitrogens with zero attached hydrogens (tertiary/aromatic N) is 1. The lowest BCUT2D eigenvalue weighted by atomic mass is 9.67. The fourth-order valence-electron chi connectivity index (χ4n) is 6.46. The summed E-state index contributed by atoms with van der Waals surface area (Å²) in [6, 6.07) is 21.0. The van der Waals surface area contributed by atoms with Gasteiger partial charge >= 0.3 is 5.97 Å². The van der Waals surface area contributed by atoms with E-state index in [0.29, 0.717) is 6.61 Å². The maximum absolute atomic E-state index is 13.1. The Morgan fingerprint density at radius 1 is 0.971 bits per heavy atom. The van der Waals surface area contributed by atoms with Gasteiger partial charge in [0.1, 0.15) is 6.61 Å². The van der Waals surface area contributed by atoms with Crippen LogP contribution >= 0.6 is 0 Å². The highest BCUT2D eigenvalue weighted by Gasteiger charge is 2.48. The van der Waals surface area contributed by atoms with Crippen LogP contribution in [0.4, 0.5) is 0 Å². The zero-order chi connectivity index (χ0) is 24.1. The molecule has 1 aliphatic heterocycles. The zero-order valence-electron chi connectivity index (χ0n) is 21.3. The van der Waals surface area contributed by atoms with E-state index < -0.39 is 0 Å². The van der Waals surface area contributed by atoms with Crippen LogP contribution in [0.2, 0.25) is 0 Å². The molecule has 5 rings (SSSR count). The first-order valence-electron chi connectivity index (χ1n) is 13.6. The van der Waals surface area contributed by atoms with Gasteiger partial charge in [0.05, 0.1) is 12.0 Å². The molecular weight excluding hydrogens is 434 g/mol. The van der Waals surface area contributed by atoms with E-state index in [1.54, 1.807) is 0 Å². The first kappa shape index (κ1) is 24.5. The van der Waals surface area contributed by atoms with E-state index in [2.05, 4.69) is 35.2 Å². The summed E-state index contributed by atoms with van der Waals surface area (Å²) in [6.45, 7) is 4.20. The number of hydrogen-bond donors (Lipinski definition) is 0. The van der Waals surface area contributed by atoms with Crippen LogP contribution in [-0.2, 0) is 20.9 Å². The molecule has 188 valence electrons. The maximum atomic E-state index is 13.1. The van der Waals surface area contributed by atoms with Gasteiger partial charge in [-0.25, -0.2) is 0 Å². The van der Waals surface area contributed by atoms with Gasteiger partial charge in [0.25, 0.3) is 0 Å². The molecule has 2 aromatic carbocycles. The van der Waals surface area contributed by atoms with Gasteiger partial charge in [-0.2, -0.15) is 0 Å². The maximum Gasteiger partial charge on any atom is 0.313 e. The van der Waals surface area contributed by atoms with Crippen LogP contribution in [0.1, 0.15) is 68.4 Å². The number of carbonyl (C=O) groups is 1. The van der Waals surface area contributed by atoms with Gasteiger partial charge in [-0.05, 0) is 86.4 Å². The van der Waals surface area contributed by atoms with Crippen LogP contribution in [0.5, 0.6) is 0 Å². The fraction of sp³-hybridized carbons (Fsp3) is 0.581. The highest BCUT2D eigenvalue weighted by atomic mass is 16.5. The molecule has 2 atom stereocenters. The van der Waals surface area contributed by atoms with Crippen LogP contribution in [0, 0.1) is 16.7 Å². The molecule has 0 radical (unpaired) electrons. The van der Waals surface area contributed by atoms with Crippen LogP contribution < -0.4 is 0 Å². The summed E-state index contributed by atoms with van der Waals surface area (Å²) in [5.74, 6) is 1.60. The molecule has 2 aromatic rings. The molecule has 4 heteroatoms. The smallest absolute Gasteiger partial charge is 0.313 e. The largest absolute Gasteiger partial charge is 0.460 e. The molecule has 0 N–H and O–H groups in total. The molecule has 2 saturated carbocycles.